The molecule has 1 amide bonds. The average molecular weight is 478 g/mol. The average Bonchev–Trinajstić information content (AvgIpc) is 2.88. The Bertz CT molecular complexity index is 1340. The normalized spacial score (nSPS) is 20.0. The molecular weight excluding hydrogens is 442 g/mol. The molecule has 0 aliphatic carbocycles. The van der Waals surface area contributed by atoms with Crippen molar-refractivity contribution in [2.75, 3.05) is 6.54 Å². The van der Waals surface area contributed by atoms with E-state index in [0.717, 1.165) is 59.7 Å². The van der Waals surface area contributed by atoms with Crippen molar-refractivity contribution in [1.29, 1.82) is 0 Å². The third-order valence-corrected chi connectivity index (χ3v) is 7.63. The highest BCUT2D eigenvalue weighted by molar-refractivity contribution is 5.95. The van der Waals surface area contributed by atoms with Gasteiger partial charge in [-0.1, -0.05) is 65.7 Å². The van der Waals surface area contributed by atoms with Crippen molar-refractivity contribution in [3.8, 4) is 0 Å². The zero-order valence-corrected chi connectivity index (χ0v) is 21.3. The Morgan fingerprint density at radius 3 is 2.50 bits per heavy atom. The molecule has 1 aromatic heterocycles. The van der Waals surface area contributed by atoms with Gasteiger partial charge in [-0.15, -0.1) is 0 Å². The van der Waals surface area contributed by atoms with Gasteiger partial charge in [0.15, 0.2) is 0 Å². The second kappa shape index (κ2) is 10.2. The first-order valence-electron chi connectivity index (χ1n) is 13.0. The van der Waals surface area contributed by atoms with Crippen LogP contribution in [-0.4, -0.2) is 33.9 Å². The number of rotatable bonds is 6. The van der Waals surface area contributed by atoms with E-state index in [9.17, 15) is 4.79 Å². The number of hydrogen-bond acceptors (Lipinski definition) is 3. The summed E-state index contributed by atoms with van der Waals surface area (Å²) in [6.07, 6.45) is 6.01. The number of piperidine rings is 1. The molecule has 1 saturated heterocycles. The smallest absolute Gasteiger partial charge is 0.254 e. The molecule has 5 rings (SSSR count). The Balaban J connectivity index is 1.59. The highest BCUT2D eigenvalue weighted by atomic mass is 16.2. The fraction of sp³-hybridized carbons (Fsp3) is 0.312. The Hall–Kier alpha value is -3.50. The number of amides is 1. The van der Waals surface area contributed by atoms with Crippen molar-refractivity contribution in [3.63, 3.8) is 0 Å². The molecule has 4 nitrogen and oxygen atoms in total. The lowest BCUT2D eigenvalue weighted by Gasteiger charge is -2.50. The summed E-state index contributed by atoms with van der Waals surface area (Å²) in [6, 6.07) is 27.2. The minimum absolute atomic E-state index is 0.0668. The number of hydrogen-bond donors (Lipinski definition) is 1. The van der Waals surface area contributed by atoms with Crippen LogP contribution in [0.3, 0.4) is 0 Å². The lowest BCUT2D eigenvalue weighted by Crippen LogP contribution is -2.60. The first-order valence-corrected chi connectivity index (χ1v) is 13.0. The molecule has 4 heteroatoms. The van der Waals surface area contributed by atoms with Crippen LogP contribution < -0.4 is 5.73 Å². The number of benzene rings is 3. The van der Waals surface area contributed by atoms with E-state index in [1.807, 2.05) is 24.4 Å². The number of carbonyl (C=O) groups is 1. The van der Waals surface area contributed by atoms with E-state index in [2.05, 4.69) is 84.4 Å². The van der Waals surface area contributed by atoms with Gasteiger partial charge in [0, 0.05) is 35.3 Å². The summed E-state index contributed by atoms with van der Waals surface area (Å²) in [7, 11) is 0. The topological polar surface area (TPSA) is 59.2 Å². The molecule has 3 aromatic carbocycles. The number of likely N-dealkylation sites (tertiary alicyclic amines) is 1. The molecular formula is C32H35N3O. The number of carbonyl (C=O) groups excluding carboxylic acids is 1. The van der Waals surface area contributed by atoms with Gasteiger partial charge in [-0.2, -0.15) is 0 Å². The Kier molecular flexibility index (Phi) is 6.88. The van der Waals surface area contributed by atoms with E-state index in [-0.39, 0.29) is 17.5 Å². The molecule has 4 aromatic rings. The predicted molar refractivity (Wildman–Crippen MR) is 147 cm³/mol. The monoisotopic (exact) mass is 477 g/mol. The van der Waals surface area contributed by atoms with Crippen LogP contribution in [-0.2, 0) is 12.8 Å². The molecule has 0 saturated carbocycles. The number of aromatic nitrogens is 1. The predicted octanol–water partition coefficient (Wildman–Crippen LogP) is 6.03. The van der Waals surface area contributed by atoms with Crippen LogP contribution in [0.5, 0.6) is 0 Å². The molecule has 184 valence electrons. The molecule has 2 heterocycles. The molecule has 2 atom stereocenters. The van der Waals surface area contributed by atoms with Crippen molar-refractivity contribution >= 4 is 16.8 Å². The van der Waals surface area contributed by atoms with E-state index in [0.29, 0.717) is 6.54 Å². The number of nitrogens with two attached hydrogens (primary N) is 1. The van der Waals surface area contributed by atoms with Crippen LogP contribution >= 0.6 is 0 Å². The van der Waals surface area contributed by atoms with Crippen molar-refractivity contribution in [2.45, 2.75) is 57.5 Å². The van der Waals surface area contributed by atoms with Crippen LogP contribution in [0.2, 0.25) is 0 Å². The van der Waals surface area contributed by atoms with Crippen molar-refractivity contribution < 1.29 is 4.79 Å². The van der Waals surface area contributed by atoms with Gasteiger partial charge >= 0.3 is 0 Å². The van der Waals surface area contributed by atoms with Crippen LogP contribution in [0, 0.1) is 13.8 Å². The van der Waals surface area contributed by atoms with Crippen molar-refractivity contribution in [3.05, 3.63) is 113 Å². The fourth-order valence-electron chi connectivity index (χ4n) is 5.98. The van der Waals surface area contributed by atoms with E-state index < -0.39 is 0 Å². The molecule has 1 aliphatic rings. The number of fused-ring (bicyclic) bond motifs is 1. The van der Waals surface area contributed by atoms with Gasteiger partial charge in [0.2, 0.25) is 0 Å². The molecule has 1 fully saturated rings. The maximum Gasteiger partial charge on any atom is 0.254 e. The van der Waals surface area contributed by atoms with E-state index >= 15 is 0 Å². The molecule has 0 bridgehead atoms. The molecule has 2 N–H and O–H groups in total. The number of pyridine rings is 1. The fourth-order valence-corrected chi connectivity index (χ4v) is 5.98. The zero-order chi connectivity index (χ0) is 25.1. The zero-order valence-electron chi connectivity index (χ0n) is 21.3. The van der Waals surface area contributed by atoms with Gasteiger partial charge in [0.05, 0.1) is 5.52 Å². The minimum Gasteiger partial charge on any atom is -0.333 e. The number of nitrogens with zero attached hydrogens (tertiary/aromatic N) is 2. The second-order valence-corrected chi connectivity index (χ2v) is 10.5. The third kappa shape index (κ3) is 5.05. The first kappa shape index (κ1) is 24.2. The Labute approximate surface area is 214 Å². The van der Waals surface area contributed by atoms with Gasteiger partial charge in [-0.3, -0.25) is 9.78 Å². The quantitative estimate of drug-likeness (QED) is 0.369. The molecule has 2 unspecified atom stereocenters. The summed E-state index contributed by atoms with van der Waals surface area (Å²) >= 11 is 0. The second-order valence-electron chi connectivity index (χ2n) is 10.5. The summed E-state index contributed by atoms with van der Waals surface area (Å²) in [4.78, 5) is 20.9. The van der Waals surface area contributed by atoms with Crippen LogP contribution in [0.15, 0.2) is 85.1 Å². The summed E-state index contributed by atoms with van der Waals surface area (Å²) < 4.78 is 0. The summed E-state index contributed by atoms with van der Waals surface area (Å²) in [5, 5.41) is 1.15. The number of aryl methyl sites for hydroxylation is 3. The van der Waals surface area contributed by atoms with E-state index in [1.165, 1.54) is 11.1 Å². The summed E-state index contributed by atoms with van der Waals surface area (Å²) in [5.74, 6) is 0.111. The largest absolute Gasteiger partial charge is 0.333 e. The minimum atomic E-state index is -0.383. The van der Waals surface area contributed by atoms with Crippen LogP contribution in [0.25, 0.3) is 10.9 Å². The van der Waals surface area contributed by atoms with Gasteiger partial charge < -0.3 is 10.6 Å². The Morgan fingerprint density at radius 1 is 1.00 bits per heavy atom. The molecule has 0 spiro atoms. The van der Waals surface area contributed by atoms with Crippen molar-refractivity contribution in [1.82, 2.24) is 9.88 Å². The van der Waals surface area contributed by atoms with Crippen molar-refractivity contribution in [2.24, 2.45) is 5.73 Å². The van der Waals surface area contributed by atoms with Crippen LogP contribution in [0.1, 0.15) is 51.9 Å². The highest BCUT2D eigenvalue weighted by Gasteiger charge is 2.44. The van der Waals surface area contributed by atoms with Gasteiger partial charge in [0.1, 0.15) is 0 Å². The van der Waals surface area contributed by atoms with Gasteiger partial charge in [-0.25, -0.2) is 0 Å². The van der Waals surface area contributed by atoms with Crippen LogP contribution in [0.4, 0.5) is 0 Å². The summed E-state index contributed by atoms with van der Waals surface area (Å²) in [5.41, 5.74) is 12.8. The maximum atomic E-state index is 14.2. The number of para-hydroxylation sites is 1. The Morgan fingerprint density at radius 2 is 1.72 bits per heavy atom. The maximum absolute atomic E-state index is 14.2. The van der Waals surface area contributed by atoms with E-state index in [4.69, 9.17) is 5.73 Å². The standard InChI is InChI=1S/C32H35N3O/c1-23-18-24(2)20-27(19-23)31(36)35-17-14-28(33)22-32(35,15-12-25-8-4-3-5-9-25)21-26-13-16-34-30-11-7-6-10-29(26)30/h3-11,13,16,18-20,28H,12,14-15,17,21-22,33H2,1-2H3. The van der Waals surface area contributed by atoms with Gasteiger partial charge in [0.25, 0.3) is 5.91 Å². The molecule has 36 heavy (non-hydrogen) atoms. The lowest BCUT2D eigenvalue weighted by atomic mass is 9.75. The molecule has 1 aliphatic heterocycles. The summed E-state index contributed by atoms with van der Waals surface area (Å²) in [6.45, 7) is 4.79. The van der Waals surface area contributed by atoms with Gasteiger partial charge in [-0.05, 0) is 81.3 Å². The highest BCUT2D eigenvalue weighted by Crippen LogP contribution is 2.38. The third-order valence-electron chi connectivity index (χ3n) is 7.63. The molecule has 0 radical (unpaired) electrons. The first-order chi connectivity index (χ1) is 17.4. The SMILES string of the molecule is Cc1cc(C)cc(C(=O)N2CCC(N)CC2(CCc2ccccc2)Cc2ccnc3ccccc23)c1. The van der Waals surface area contributed by atoms with E-state index in [1.54, 1.807) is 0 Å². The lowest BCUT2D eigenvalue weighted by molar-refractivity contribution is 0.0234.